The van der Waals surface area contributed by atoms with Crippen LogP contribution in [0.3, 0.4) is 0 Å². The molecule has 0 aromatic rings. The average molecular weight is 214 g/mol. The summed E-state index contributed by atoms with van der Waals surface area (Å²) in [5, 5.41) is 1.26. The van der Waals surface area contributed by atoms with Crippen LogP contribution in [0.4, 0.5) is 0 Å². The summed E-state index contributed by atoms with van der Waals surface area (Å²) in [6, 6.07) is 0. The van der Waals surface area contributed by atoms with Crippen molar-refractivity contribution in [2.24, 2.45) is 5.92 Å². The Balaban J connectivity index is 2.43. The number of likely N-dealkylation sites (tertiary alicyclic amines) is 1. The SMILES string of the molecule is CON(C)C(=O)C1CCN(C(C)=O)CC1. The molecule has 0 aromatic heterocycles. The highest BCUT2D eigenvalue weighted by atomic mass is 16.7. The normalized spacial score (nSPS) is 17.7. The molecule has 0 bridgehead atoms. The van der Waals surface area contributed by atoms with Crippen LogP contribution in [0.15, 0.2) is 0 Å². The fourth-order valence-electron chi connectivity index (χ4n) is 1.79. The number of amides is 2. The van der Waals surface area contributed by atoms with E-state index in [1.165, 1.54) is 12.2 Å². The first-order chi connectivity index (χ1) is 7.06. The van der Waals surface area contributed by atoms with Gasteiger partial charge in [-0.05, 0) is 12.8 Å². The lowest BCUT2D eigenvalue weighted by molar-refractivity contribution is -0.175. The van der Waals surface area contributed by atoms with Gasteiger partial charge in [0.2, 0.25) is 11.8 Å². The van der Waals surface area contributed by atoms with Gasteiger partial charge in [-0.15, -0.1) is 0 Å². The molecular formula is C10H18N2O3. The first kappa shape index (κ1) is 12.0. The molecule has 5 heteroatoms. The van der Waals surface area contributed by atoms with Crippen LogP contribution in [-0.2, 0) is 14.4 Å². The summed E-state index contributed by atoms with van der Waals surface area (Å²) < 4.78 is 0. The molecule has 1 heterocycles. The Morgan fingerprint density at radius 3 is 2.27 bits per heavy atom. The topological polar surface area (TPSA) is 49.9 Å². The number of hydrogen-bond acceptors (Lipinski definition) is 3. The minimum atomic E-state index is -0.00875. The molecule has 15 heavy (non-hydrogen) atoms. The van der Waals surface area contributed by atoms with E-state index >= 15 is 0 Å². The summed E-state index contributed by atoms with van der Waals surface area (Å²) >= 11 is 0. The van der Waals surface area contributed by atoms with E-state index in [9.17, 15) is 9.59 Å². The zero-order chi connectivity index (χ0) is 11.4. The fraction of sp³-hybridized carbons (Fsp3) is 0.800. The van der Waals surface area contributed by atoms with Crippen LogP contribution < -0.4 is 0 Å². The number of rotatable bonds is 2. The van der Waals surface area contributed by atoms with Crippen LogP contribution in [0.1, 0.15) is 19.8 Å². The minimum Gasteiger partial charge on any atom is -0.343 e. The summed E-state index contributed by atoms with van der Waals surface area (Å²) in [5.74, 6) is 0.0762. The van der Waals surface area contributed by atoms with E-state index in [0.29, 0.717) is 13.1 Å². The molecule has 0 saturated carbocycles. The second-order valence-corrected chi connectivity index (χ2v) is 3.80. The summed E-state index contributed by atoms with van der Waals surface area (Å²) in [7, 11) is 3.09. The van der Waals surface area contributed by atoms with Gasteiger partial charge in [0.25, 0.3) is 0 Å². The molecule has 2 amide bonds. The van der Waals surface area contributed by atoms with Gasteiger partial charge in [0, 0.05) is 33.0 Å². The molecule has 1 fully saturated rings. The standard InChI is InChI=1S/C10H18N2O3/c1-8(13)12-6-4-9(5-7-12)10(14)11(2)15-3/h9H,4-7H2,1-3H3. The Labute approximate surface area is 89.9 Å². The zero-order valence-corrected chi connectivity index (χ0v) is 9.52. The zero-order valence-electron chi connectivity index (χ0n) is 9.52. The molecule has 0 aromatic carbocycles. The van der Waals surface area contributed by atoms with Gasteiger partial charge in [-0.2, -0.15) is 0 Å². The van der Waals surface area contributed by atoms with Crippen molar-refractivity contribution in [2.75, 3.05) is 27.2 Å². The van der Waals surface area contributed by atoms with Crippen LogP contribution >= 0.6 is 0 Å². The van der Waals surface area contributed by atoms with Crippen molar-refractivity contribution in [1.82, 2.24) is 9.96 Å². The van der Waals surface area contributed by atoms with Crippen molar-refractivity contribution < 1.29 is 14.4 Å². The molecule has 0 aliphatic carbocycles. The smallest absolute Gasteiger partial charge is 0.249 e. The van der Waals surface area contributed by atoms with Crippen LogP contribution in [0.2, 0.25) is 0 Å². The number of carbonyl (C=O) groups excluding carboxylic acids is 2. The first-order valence-electron chi connectivity index (χ1n) is 5.13. The Bertz CT molecular complexity index is 247. The van der Waals surface area contributed by atoms with E-state index in [-0.39, 0.29) is 17.7 Å². The van der Waals surface area contributed by atoms with E-state index in [2.05, 4.69) is 0 Å². The van der Waals surface area contributed by atoms with Crippen molar-refractivity contribution >= 4 is 11.8 Å². The van der Waals surface area contributed by atoms with Gasteiger partial charge >= 0.3 is 0 Å². The largest absolute Gasteiger partial charge is 0.343 e. The summed E-state index contributed by atoms with van der Waals surface area (Å²) in [6.45, 7) is 2.90. The van der Waals surface area contributed by atoms with Crippen molar-refractivity contribution in [3.05, 3.63) is 0 Å². The predicted octanol–water partition coefficient (Wildman–Crippen LogP) is 0.265. The van der Waals surface area contributed by atoms with Gasteiger partial charge in [-0.25, -0.2) is 5.06 Å². The number of piperidine rings is 1. The Kier molecular flexibility index (Phi) is 4.08. The molecule has 86 valence electrons. The quantitative estimate of drug-likeness (QED) is 0.620. The lowest BCUT2D eigenvalue weighted by Gasteiger charge is -2.31. The van der Waals surface area contributed by atoms with Crippen molar-refractivity contribution in [3.63, 3.8) is 0 Å². The molecule has 1 aliphatic heterocycles. The molecule has 5 nitrogen and oxygen atoms in total. The van der Waals surface area contributed by atoms with Gasteiger partial charge in [0.1, 0.15) is 0 Å². The highest BCUT2D eigenvalue weighted by molar-refractivity contribution is 5.78. The number of nitrogens with zero attached hydrogens (tertiary/aromatic N) is 2. The number of carbonyl (C=O) groups is 2. The maximum atomic E-state index is 11.7. The van der Waals surface area contributed by atoms with Gasteiger partial charge in [-0.3, -0.25) is 14.4 Å². The van der Waals surface area contributed by atoms with E-state index in [0.717, 1.165) is 12.8 Å². The van der Waals surface area contributed by atoms with Gasteiger partial charge in [0.05, 0.1) is 7.11 Å². The van der Waals surface area contributed by atoms with Crippen molar-refractivity contribution in [2.45, 2.75) is 19.8 Å². The van der Waals surface area contributed by atoms with Gasteiger partial charge in [0.15, 0.2) is 0 Å². The molecule has 1 saturated heterocycles. The summed E-state index contributed by atoms with van der Waals surface area (Å²) in [6.07, 6.45) is 1.46. The highest BCUT2D eigenvalue weighted by Crippen LogP contribution is 2.19. The maximum Gasteiger partial charge on any atom is 0.249 e. The van der Waals surface area contributed by atoms with Crippen molar-refractivity contribution in [1.29, 1.82) is 0 Å². The van der Waals surface area contributed by atoms with Gasteiger partial charge < -0.3 is 4.90 Å². The van der Waals surface area contributed by atoms with Crippen LogP contribution in [0.25, 0.3) is 0 Å². The molecule has 1 aliphatic rings. The number of hydrogen-bond donors (Lipinski definition) is 0. The summed E-state index contributed by atoms with van der Waals surface area (Å²) in [5.41, 5.74) is 0. The van der Waals surface area contributed by atoms with Gasteiger partial charge in [-0.1, -0.05) is 0 Å². The second-order valence-electron chi connectivity index (χ2n) is 3.80. The predicted molar refractivity (Wildman–Crippen MR) is 54.8 cm³/mol. The van der Waals surface area contributed by atoms with Crippen molar-refractivity contribution in [3.8, 4) is 0 Å². The molecule has 0 radical (unpaired) electrons. The lowest BCUT2D eigenvalue weighted by Crippen LogP contribution is -2.42. The van der Waals surface area contributed by atoms with E-state index in [1.54, 1.807) is 18.9 Å². The third kappa shape index (κ3) is 2.92. The Morgan fingerprint density at radius 1 is 1.33 bits per heavy atom. The molecule has 1 rings (SSSR count). The Morgan fingerprint density at radius 2 is 1.87 bits per heavy atom. The van der Waals surface area contributed by atoms with E-state index in [1.807, 2.05) is 0 Å². The van der Waals surface area contributed by atoms with Crippen LogP contribution in [-0.4, -0.2) is 49.0 Å². The van der Waals surface area contributed by atoms with E-state index < -0.39 is 0 Å². The fourth-order valence-corrected chi connectivity index (χ4v) is 1.79. The third-order valence-corrected chi connectivity index (χ3v) is 2.87. The third-order valence-electron chi connectivity index (χ3n) is 2.87. The van der Waals surface area contributed by atoms with Crippen LogP contribution in [0.5, 0.6) is 0 Å². The number of hydroxylamine groups is 2. The monoisotopic (exact) mass is 214 g/mol. The average Bonchev–Trinajstić information content (AvgIpc) is 2.27. The molecule has 0 atom stereocenters. The second kappa shape index (κ2) is 5.11. The minimum absolute atomic E-state index is 0.000650. The Hall–Kier alpha value is -1.10. The summed E-state index contributed by atoms with van der Waals surface area (Å²) in [4.78, 5) is 29.4. The van der Waals surface area contributed by atoms with Crippen LogP contribution in [0, 0.1) is 5.92 Å². The molecule has 0 spiro atoms. The maximum absolute atomic E-state index is 11.7. The lowest BCUT2D eigenvalue weighted by atomic mass is 9.96. The molecule has 0 unspecified atom stereocenters. The van der Waals surface area contributed by atoms with E-state index in [4.69, 9.17) is 4.84 Å². The first-order valence-corrected chi connectivity index (χ1v) is 5.13. The molecule has 0 N–H and O–H groups in total. The molecular weight excluding hydrogens is 196 g/mol. The highest BCUT2D eigenvalue weighted by Gasteiger charge is 2.28.